The molecule has 1 heterocycles. The first kappa shape index (κ1) is 9.66. The zero-order valence-electron chi connectivity index (χ0n) is 8.94. The van der Waals surface area contributed by atoms with Crippen LogP contribution < -0.4 is 10.4 Å². The van der Waals surface area contributed by atoms with E-state index in [-0.39, 0.29) is 17.2 Å². The summed E-state index contributed by atoms with van der Waals surface area (Å²) in [5, 5.41) is 11.2. The molecule has 4 nitrogen and oxygen atoms in total. The van der Waals surface area contributed by atoms with Gasteiger partial charge in [-0.1, -0.05) is 12.1 Å². The van der Waals surface area contributed by atoms with Gasteiger partial charge < -0.3 is 5.11 Å². The van der Waals surface area contributed by atoms with E-state index in [0.29, 0.717) is 12.1 Å². The fourth-order valence-electron chi connectivity index (χ4n) is 2.45. The Balaban J connectivity index is 1.91. The number of rotatable bonds is 1. The number of para-hydroxylation sites is 2. The molecular weight excluding hydrogens is 204 g/mol. The number of phenolic OH excluding ortho intramolecular Hbond substituents is 1. The fourth-order valence-corrected chi connectivity index (χ4v) is 2.45. The maximum absolute atomic E-state index is 11.9. The highest BCUT2D eigenvalue weighted by Crippen LogP contribution is 2.41. The molecule has 1 saturated carbocycles. The molecular formula is C12H14N2O2. The molecule has 1 aliphatic heterocycles. The molecule has 1 saturated heterocycles. The lowest BCUT2D eigenvalue weighted by Gasteiger charge is -2.37. The number of carbonyl (C=O) groups excluding carboxylic acids is 1. The number of anilines is 1. The van der Waals surface area contributed by atoms with Crippen molar-refractivity contribution in [2.24, 2.45) is 0 Å². The van der Waals surface area contributed by atoms with Crippen molar-refractivity contribution in [3.8, 4) is 5.75 Å². The Morgan fingerprint density at radius 1 is 1.31 bits per heavy atom. The second-order valence-electron chi connectivity index (χ2n) is 4.64. The van der Waals surface area contributed by atoms with E-state index in [4.69, 9.17) is 0 Å². The van der Waals surface area contributed by atoms with Gasteiger partial charge in [0, 0.05) is 12.0 Å². The summed E-state index contributed by atoms with van der Waals surface area (Å²) in [6.07, 6.45) is 3.81. The third kappa shape index (κ3) is 1.30. The average Bonchev–Trinajstić information content (AvgIpc) is 2.57. The molecule has 1 spiro atoms. The first-order chi connectivity index (χ1) is 7.70. The van der Waals surface area contributed by atoms with Gasteiger partial charge in [0.1, 0.15) is 11.4 Å². The molecule has 2 N–H and O–H groups in total. The van der Waals surface area contributed by atoms with E-state index in [1.165, 1.54) is 11.4 Å². The molecule has 1 amide bonds. The molecule has 0 radical (unpaired) electrons. The summed E-state index contributed by atoms with van der Waals surface area (Å²) in [6, 6.07) is 6.91. The van der Waals surface area contributed by atoms with Crippen LogP contribution in [0.1, 0.15) is 25.7 Å². The number of amides is 1. The van der Waals surface area contributed by atoms with Crippen LogP contribution in [0, 0.1) is 0 Å². The van der Waals surface area contributed by atoms with Gasteiger partial charge in [-0.25, -0.2) is 10.4 Å². The highest BCUT2D eigenvalue weighted by molar-refractivity contribution is 5.97. The van der Waals surface area contributed by atoms with Crippen LogP contribution in [0.4, 0.5) is 5.69 Å². The number of hydrogen-bond acceptors (Lipinski definition) is 3. The summed E-state index contributed by atoms with van der Waals surface area (Å²) in [7, 11) is 0. The van der Waals surface area contributed by atoms with Crippen molar-refractivity contribution in [1.29, 1.82) is 0 Å². The van der Waals surface area contributed by atoms with Gasteiger partial charge in [-0.3, -0.25) is 4.79 Å². The molecule has 0 bridgehead atoms. The van der Waals surface area contributed by atoms with Crippen LogP contribution in [0.25, 0.3) is 0 Å². The first-order valence-corrected chi connectivity index (χ1v) is 5.59. The lowest BCUT2D eigenvalue weighted by molar-refractivity contribution is -0.117. The molecule has 16 heavy (non-hydrogen) atoms. The standard InChI is InChI=1S/C12H14N2O2/c15-10-5-2-1-4-9(10)14-11(16)8-12(13-14)6-3-7-12/h1-2,4-5,13,15H,3,6-8H2. The second kappa shape index (κ2) is 3.22. The summed E-state index contributed by atoms with van der Waals surface area (Å²) in [5.41, 5.74) is 3.76. The predicted octanol–water partition coefficient (Wildman–Crippen LogP) is 1.56. The Labute approximate surface area is 93.8 Å². The van der Waals surface area contributed by atoms with Crippen molar-refractivity contribution in [2.75, 3.05) is 5.01 Å². The largest absolute Gasteiger partial charge is 0.506 e. The highest BCUT2D eigenvalue weighted by Gasteiger charge is 2.47. The van der Waals surface area contributed by atoms with Crippen LogP contribution in [0.2, 0.25) is 0 Å². The molecule has 0 unspecified atom stereocenters. The zero-order valence-corrected chi connectivity index (χ0v) is 8.94. The number of carbonyl (C=O) groups is 1. The molecule has 3 rings (SSSR count). The molecule has 1 aromatic rings. The Hall–Kier alpha value is -1.55. The van der Waals surface area contributed by atoms with E-state index in [0.717, 1.165) is 12.8 Å². The number of hydrazine groups is 1. The maximum atomic E-state index is 11.9. The molecule has 1 aliphatic carbocycles. The number of benzene rings is 1. The summed E-state index contributed by atoms with van der Waals surface area (Å²) >= 11 is 0. The minimum absolute atomic E-state index is 0.0284. The fraction of sp³-hybridized carbons (Fsp3) is 0.417. The van der Waals surface area contributed by atoms with Gasteiger partial charge in [0.15, 0.2) is 0 Å². The Kier molecular flexibility index (Phi) is 1.94. The summed E-state index contributed by atoms with van der Waals surface area (Å²) < 4.78 is 0. The zero-order chi connectivity index (χ0) is 11.2. The highest BCUT2D eigenvalue weighted by atomic mass is 16.3. The van der Waals surface area contributed by atoms with Crippen LogP contribution in [0.5, 0.6) is 5.75 Å². The van der Waals surface area contributed by atoms with Gasteiger partial charge in [0.05, 0.1) is 0 Å². The van der Waals surface area contributed by atoms with Crippen LogP contribution in [0.3, 0.4) is 0 Å². The van der Waals surface area contributed by atoms with Crippen molar-refractivity contribution in [1.82, 2.24) is 5.43 Å². The van der Waals surface area contributed by atoms with E-state index in [1.807, 2.05) is 6.07 Å². The van der Waals surface area contributed by atoms with E-state index in [2.05, 4.69) is 5.43 Å². The van der Waals surface area contributed by atoms with E-state index in [9.17, 15) is 9.90 Å². The third-order valence-corrected chi connectivity index (χ3v) is 3.52. The molecule has 0 atom stereocenters. The summed E-state index contributed by atoms with van der Waals surface area (Å²) in [6.45, 7) is 0. The summed E-state index contributed by atoms with van der Waals surface area (Å²) in [5.74, 6) is 0.181. The minimum Gasteiger partial charge on any atom is -0.506 e. The number of aromatic hydroxyl groups is 1. The van der Waals surface area contributed by atoms with Gasteiger partial charge in [-0.05, 0) is 31.4 Å². The van der Waals surface area contributed by atoms with Crippen molar-refractivity contribution in [2.45, 2.75) is 31.2 Å². The monoisotopic (exact) mass is 218 g/mol. The van der Waals surface area contributed by atoms with Gasteiger partial charge in [-0.2, -0.15) is 0 Å². The SMILES string of the molecule is O=C1CC2(CCC2)NN1c1ccccc1O. The summed E-state index contributed by atoms with van der Waals surface area (Å²) in [4.78, 5) is 11.9. The van der Waals surface area contributed by atoms with Gasteiger partial charge in [-0.15, -0.1) is 0 Å². The van der Waals surface area contributed by atoms with Gasteiger partial charge in [0.25, 0.3) is 0 Å². The molecule has 84 valence electrons. The molecule has 2 fully saturated rings. The molecule has 2 aliphatic rings. The Morgan fingerprint density at radius 3 is 2.62 bits per heavy atom. The van der Waals surface area contributed by atoms with Crippen molar-refractivity contribution < 1.29 is 9.90 Å². The van der Waals surface area contributed by atoms with E-state index < -0.39 is 0 Å². The Morgan fingerprint density at radius 2 is 2.06 bits per heavy atom. The van der Waals surface area contributed by atoms with Crippen LogP contribution in [0.15, 0.2) is 24.3 Å². The van der Waals surface area contributed by atoms with E-state index >= 15 is 0 Å². The van der Waals surface area contributed by atoms with Gasteiger partial charge >= 0.3 is 0 Å². The molecule has 1 aromatic carbocycles. The van der Waals surface area contributed by atoms with Crippen LogP contribution >= 0.6 is 0 Å². The average molecular weight is 218 g/mol. The van der Waals surface area contributed by atoms with Crippen molar-refractivity contribution in [3.63, 3.8) is 0 Å². The van der Waals surface area contributed by atoms with E-state index in [1.54, 1.807) is 18.2 Å². The molecule has 0 aromatic heterocycles. The number of hydrogen-bond donors (Lipinski definition) is 2. The lowest BCUT2D eigenvalue weighted by atomic mass is 9.76. The smallest absolute Gasteiger partial charge is 0.243 e. The van der Waals surface area contributed by atoms with Crippen molar-refractivity contribution in [3.05, 3.63) is 24.3 Å². The second-order valence-corrected chi connectivity index (χ2v) is 4.64. The number of nitrogens with zero attached hydrogens (tertiary/aromatic N) is 1. The quantitative estimate of drug-likeness (QED) is 0.752. The van der Waals surface area contributed by atoms with Crippen LogP contribution in [-0.2, 0) is 4.79 Å². The topological polar surface area (TPSA) is 52.6 Å². The normalized spacial score (nSPS) is 22.5. The minimum atomic E-state index is -0.0284. The number of phenols is 1. The van der Waals surface area contributed by atoms with Gasteiger partial charge in [0.2, 0.25) is 5.91 Å². The Bertz CT molecular complexity index is 440. The first-order valence-electron chi connectivity index (χ1n) is 5.59. The number of nitrogens with one attached hydrogen (secondary N) is 1. The van der Waals surface area contributed by atoms with Crippen molar-refractivity contribution >= 4 is 11.6 Å². The molecule has 4 heteroatoms. The maximum Gasteiger partial charge on any atom is 0.243 e. The predicted molar refractivity (Wildman–Crippen MR) is 59.9 cm³/mol. The lowest BCUT2D eigenvalue weighted by Crippen LogP contribution is -2.50. The van der Waals surface area contributed by atoms with Crippen LogP contribution in [-0.4, -0.2) is 16.6 Å². The third-order valence-electron chi connectivity index (χ3n) is 3.52.